The van der Waals surface area contributed by atoms with E-state index in [1.165, 1.54) is 36.5 Å². The normalized spacial score (nSPS) is 14.5. The highest BCUT2D eigenvalue weighted by molar-refractivity contribution is 7.57. The molecule has 0 radical (unpaired) electrons. The maximum atomic E-state index is 15.9. The van der Waals surface area contributed by atoms with Crippen LogP contribution in [-0.2, 0) is 18.8 Å². The molecule has 0 amide bonds. The summed E-state index contributed by atoms with van der Waals surface area (Å²) >= 11 is 1.20. The van der Waals surface area contributed by atoms with Crippen LogP contribution in [0, 0.1) is 0 Å². The minimum atomic E-state index is -4.32. The summed E-state index contributed by atoms with van der Waals surface area (Å²) in [5.41, 5.74) is 0.0715. The number of para-hydroxylation sites is 1. The SMILES string of the molecule is C=CCOC(=O)c1cc2cc([C@@H](F)[P@@](=O)(N[C@@H](C)C(=O)OCCC)Oc3ccccc3)ccc2s1. The third-order valence-corrected chi connectivity index (χ3v) is 8.03. The average Bonchev–Trinajstić information content (AvgIpc) is 3.29. The van der Waals surface area contributed by atoms with Crippen LogP contribution in [0.1, 0.15) is 41.4 Å². The first kappa shape index (κ1) is 26.6. The van der Waals surface area contributed by atoms with E-state index in [-0.39, 0.29) is 24.5 Å². The van der Waals surface area contributed by atoms with Crippen LogP contribution in [0.3, 0.4) is 0 Å². The fourth-order valence-electron chi connectivity index (χ4n) is 3.14. The summed E-state index contributed by atoms with van der Waals surface area (Å²) in [6, 6.07) is 13.3. The molecule has 0 bridgehead atoms. The topological polar surface area (TPSA) is 90.9 Å². The van der Waals surface area contributed by atoms with E-state index in [4.69, 9.17) is 14.0 Å². The van der Waals surface area contributed by atoms with Crippen LogP contribution in [0.25, 0.3) is 10.1 Å². The minimum Gasteiger partial charge on any atom is -0.465 e. The standard InChI is InChI=1S/C25H27FNO6PS/c1-4-13-31-24(28)17(3)27-34(30,33-20-9-7-6-8-10-20)23(26)18-11-12-21-19(15-18)16-22(35-21)25(29)32-14-5-2/h5-12,15-17,23H,2,4,13-14H2,1,3H3,(H,27,30)/t17-,23-,34-/m0/s1. The van der Waals surface area contributed by atoms with Crippen molar-refractivity contribution in [2.45, 2.75) is 32.2 Å². The highest BCUT2D eigenvalue weighted by Gasteiger charge is 2.40. The molecule has 10 heteroatoms. The number of thiophene rings is 1. The largest absolute Gasteiger partial charge is 0.465 e. The van der Waals surface area contributed by atoms with Crippen molar-refractivity contribution in [1.82, 2.24) is 5.09 Å². The number of fused-ring (bicyclic) bond motifs is 1. The Bertz CT molecular complexity index is 1230. The van der Waals surface area contributed by atoms with E-state index in [2.05, 4.69) is 11.7 Å². The van der Waals surface area contributed by atoms with Gasteiger partial charge in [0.15, 0.2) is 0 Å². The molecule has 0 saturated heterocycles. The molecule has 0 spiro atoms. The molecule has 0 aliphatic rings. The van der Waals surface area contributed by atoms with E-state index in [9.17, 15) is 14.2 Å². The predicted octanol–water partition coefficient (Wildman–Crippen LogP) is 6.42. The summed E-state index contributed by atoms with van der Waals surface area (Å²) in [5.74, 6) is -3.09. The molecule has 2 aromatic carbocycles. The highest BCUT2D eigenvalue weighted by Crippen LogP contribution is 2.58. The van der Waals surface area contributed by atoms with Crippen molar-refractivity contribution in [1.29, 1.82) is 0 Å². The van der Waals surface area contributed by atoms with Crippen LogP contribution < -0.4 is 9.61 Å². The Morgan fingerprint density at radius 2 is 1.91 bits per heavy atom. The Morgan fingerprint density at radius 3 is 2.60 bits per heavy atom. The van der Waals surface area contributed by atoms with E-state index < -0.39 is 31.4 Å². The Balaban J connectivity index is 1.91. The monoisotopic (exact) mass is 519 g/mol. The van der Waals surface area contributed by atoms with E-state index in [1.807, 2.05) is 6.92 Å². The molecule has 1 heterocycles. The Morgan fingerprint density at radius 1 is 1.17 bits per heavy atom. The molecule has 0 unspecified atom stereocenters. The number of alkyl halides is 1. The Labute approximate surface area is 207 Å². The second-order valence-corrected chi connectivity index (χ2v) is 10.8. The number of benzene rings is 2. The number of halogens is 1. The zero-order valence-electron chi connectivity index (χ0n) is 19.4. The van der Waals surface area contributed by atoms with Crippen molar-refractivity contribution >= 4 is 40.9 Å². The van der Waals surface area contributed by atoms with Gasteiger partial charge < -0.3 is 14.0 Å². The lowest BCUT2D eigenvalue weighted by Crippen LogP contribution is -2.35. The van der Waals surface area contributed by atoms with Crippen LogP contribution >= 0.6 is 18.9 Å². The summed E-state index contributed by atoms with van der Waals surface area (Å²) in [4.78, 5) is 24.8. The first-order valence-electron chi connectivity index (χ1n) is 11.0. The fourth-order valence-corrected chi connectivity index (χ4v) is 5.99. The molecule has 0 saturated carbocycles. The van der Waals surface area contributed by atoms with Gasteiger partial charge in [-0.1, -0.05) is 43.8 Å². The summed E-state index contributed by atoms with van der Waals surface area (Å²) in [6.45, 7) is 7.07. The van der Waals surface area contributed by atoms with E-state index >= 15 is 4.39 Å². The highest BCUT2D eigenvalue weighted by atomic mass is 32.1. The van der Waals surface area contributed by atoms with Crippen LogP contribution in [0.5, 0.6) is 5.75 Å². The van der Waals surface area contributed by atoms with Gasteiger partial charge in [0.05, 0.1) is 6.61 Å². The molecule has 3 aromatic rings. The molecule has 7 nitrogen and oxygen atoms in total. The van der Waals surface area contributed by atoms with Crippen molar-refractivity contribution in [2.75, 3.05) is 13.2 Å². The Hall–Kier alpha value is -3.00. The number of hydrogen-bond donors (Lipinski definition) is 1. The molecular formula is C25H27FNO6PS. The summed E-state index contributed by atoms with van der Waals surface area (Å²) in [7, 11) is -4.32. The zero-order chi connectivity index (χ0) is 25.4. The van der Waals surface area contributed by atoms with E-state index in [0.29, 0.717) is 16.7 Å². The van der Waals surface area contributed by atoms with Gasteiger partial charge in [0.25, 0.3) is 0 Å². The first-order valence-corrected chi connectivity index (χ1v) is 13.5. The summed E-state index contributed by atoms with van der Waals surface area (Å²) in [5, 5.41) is 3.13. The van der Waals surface area contributed by atoms with Gasteiger partial charge in [-0.3, -0.25) is 9.36 Å². The van der Waals surface area contributed by atoms with Crippen LogP contribution in [0.2, 0.25) is 0 Å². The number of rotatable bonds is 12. The molecule has 3 atom stereocenters. The third kappa shape index (κ3) is 6.78. The smallest absolute Gasteiger partial charge is 0.355 e. The predicted molar refractivity (Wildman–Crippen MR) is 135 cm³/mol. The fraction of sp³-hybridized carbons (Fsp3) is 0.280. The molecule has 0 aliphatic heterocycles. The number of nitrogens with one attached hydrogen (secondary N) is 1. The zero-order valence-corrected chi connectivity index (χ0v) is 21.2. The lowest BCUT2D eigenvalue weighted by Gasteiger charge is -2.26. The van der Waals surface area contributed by atoms with E-state index in [0.717, 1.165) is 4.70 Å². The molecular weight excluding hydrogens is 492 g/mol. The molecule has 0 aliphatic carbocycles. The number of carbonyl (C=O) groups excluding carboxylic acids is 2. The maximum absolute atomic E-state index is 15.9. The summed E-state index contributed by atoms with van der Waals surface area (Å²) < 4.78 is 46.3. The summed E-state index contributed by atoms with van der Waals surface area (Å²) in [6.07, 6.45) is 2.08. The number of carbonyl (C=O) groups is 2. The van der Waals surface area contributed by atoms with Crippen LogP contribution in [0.15, 0.2) is 67.3 Å². The molecule has 0 fully saturated rings. The molecule has 186 valence electrons. The van der Waals surface area contributed by atoms with Gasteiger partial charge in [-0.2, -0.15) is 0 Å². The molecule has 1 aromatic heterocycles. The van der Waals surface area contributed by atoms with Crippen molar-refractivity contribution in [2.24, 2.45) is 0 Å². The lowest BCUT2D eigenvalue weighted by molar-refractivity contribution is -0.145. The van der Waals surface area contributed by atoms with Gasteiger partial charge in [0.1, 0.15) is 23.3 Å². The lowest BCUT2D eigenvalue weighted by atomic mass is 10.2. The third-order valence-electron chi connectivity index (χ3n) is 4.81. The molecule has 3 rings (SSSR count). The van der Waals surface area contributed by atoms with E-state index in [1.54, 1.807) is 42.5 Å². The minimum absolute atomic E-state index is 0.0715. The maximum Gasteiger partial charge on any atom is 0.355 e. The first-order chi connectivity index (χ1) is 16.8. The van der Waals surface area contributed by atoms with Crippen molar-refractivity contribution < 1.29 is 32.5 Å². The number of hydrogen-bond acceptors (Lipinski definition) is 7. The number of ether oxygens (including phenoxy) is 2. The van der Waals surface area contributed by atoms with Crippen LogP contribution in [-0.4, -0.2) is 31.2 Å². The van der Waals surface area contributed by atoms with Gasteiger partial charge in [-0.15, -0.1) is 11.3 Å². The van der Waals surface area contributed by atoms with Gasteiger partial charge in [-0.05, 0) is 54.6 Å². The second-order valence-electron chi connectivity index (χ2n) is 7.65. The van der Waals surface area contributed by atoms with Gasteiger partial charge >= 0.3 is 19.5 Å². The van der Waals surface area contributed by atoms with Crippen LogP contribution in [0.4, 0.5) is 4.39 Å². The second kappa shape index (κ2) is 12.1. The molecule has 1 N–H and O–H groups in total. The molecule has 35 heavy (non-hydrogen) atoms. The van der Waals surface area contributed by atoms with Crippen molar-refractivity contribution in [3.05, 3.63) is 77.7 Å². The van der Waals surface area contributed by atoms with Gasteiger partial charge in [0.2, 0.25) is 5.91 Å². The van der Waals surface area contributed by atoms with Gasteiger partial charge in [-0.25, -0.2) is 14.3 Å². The van der Waals surface area contributed by atoms with Crippen molar-refractivity contribution in [3.63, 3.8) is 0 Å². The Kier molecular flexibility index (Phi) is 9.20. The van der Waals surface area contributed by atoms with Gasteiger partial charge in [0, 0.05) is 4.70 Å². The average molecular weight is 520 g/mol. The quantitative estimate of drug-likeness (QED) is 0.168. The number of esters is 2. The van der Waals surface area contributed by atoms with Crippen molar-refractivity contribution in [3.8, 4) is 5.75 Å².